The van der Waals surface area contributed by atoms with E-state index in [2.05, 4.69) is 15.9 Å². The molecule has 0 aromatic heterocycles. The zero-order valence-corrected chi connectivity index (χ0v) is 18.5. The molecule has 3 rings (SSSR count). The quantitative estimate of drug-likeness (QED) is 0.275. The minimum Gasteiger partial charge on any atom is -0.492 e. The third-order valence-electron chi connectivity index (χ3n) is 4.41. The van der Waals surface area contributed by atoms with Crippen molar-refractivity contribution in [1.82, 2.24) is 0 Å². The Morgan fingerprint density at radius 2 is 1.96 bits per heavy atom. The molecule has 0 saturated carbocycles. The minimum atomic E-state index is -0.284. The van der Waals surface area contributed by atoms with Crippen LogP contribution >= 0.6 is 0 Å². The standard InChI is InChI=1S/C21H25NO5.Na/c1-2-24-19(16-27-23)15-17-7-9-18(10-8-17)25-13-11-22-12-14-26-21-6-4-3-5-20(21)22;/h3-10,16,19H,2,11-15H2,1H3;/q;+1/p+1. The Kier molecular flexibility index (Phi) is 9.98. The van der Waals surface area contributed by atoms with Crippen LogP contribution in [0.5, 0.6) is 11.5 Å². The Hall–Kier alpha value is -1.41. The maximum atomic E-state index is 8.58. The molecule has 2 aromatic rings. The molecule has 0 bridgehead atoms. The summed E-state index contributed by atoms with van der Waals surface area (Å²) < 4.78 is 17.1. The van der Waals surface area contributed by atoms with Gasteiger partial charge in [0, 0.05) is 13.0 Å². The smallest absolute Gasteiger partial charge is 0.492 e. The third kappa shape index (κ3) is 6.58. The molecule has 7 heteroatoms. The molecule has 144 valence electrons. The molecule has 1 atom stereocenters. The maximum Gasteiger partial charge on any atom is 1.00 e. The molecular formula is C21H26NNaO5+2. The second kappa shape index (κ2) is 12.2. The molecule has 1 aliphatic rings. The topological polar surface area (TPSA) is 60.4 Å². The first-order valence-electron chi connectivity index (χ1n) is 9.24. The molecule has 1 unspecified atom stereocenters. The predicted molar refractivity (Wildman–Crippen MR) is 103 cm³/mol. The van der Waals surface area contributed by atoms with Gasteiger partial charge in [0.2, 0.25) is 6.10 Å². The van der Waals surface area contributed by atoms with Crippen LogP contribution in [-0.4, -0.2) is 44.3 Å². The normalized spacial score (nSPS) is 13.7. The van der Waals surface area contributed by atoms with Crippen LogP contribution in [0.25, 0.3) is 0 Å². The van der Waals surface area contributed by atoms with Gasteiger partial charge in [-0.25, -0.2) is 5.26 Å². The average molecular weight is 395 g/mol. The summed E-state index contributed by atoms with van der Waals surface area (Å²) in [6.45, 7) is 6.70. The van der Waals surface area contributed by atoms with E-state index in [1.54, 1.807) is 0 Å². The van der Waals surface area contributed by atoms with Crippen molar-refractivity contribution in [3.05, 3.63) is 60.7 Å². The van der Waals surface area contributed by atoms with E-state index in [1.807, 2.05) is 49.4 Å². The number of benzene rings is 2. The van der Waals surface area contributed by atoms with E-state index in [0.29, 0.717) is 26.2 Å². The van der Waals surface area contributed by atoms with Gasteiger partial charge in [0.25, 0.3) is 6.61 Å². The summed E-state index contributed by atoms with van der Waals surface area (Å²) in [7, 11) is 0. The van der Waals surface area contributed by atoms with Crippen molar-refractivity contribution in [2.24, 2.45) is 0 Å². The summed E-state index contributed by atoms with van der Waals surface area (Å²) >= 11 is 0. The van der Waals surface area contributed by atoms with Gasteiger partial charge in [-0.1, -0.05) is 24.3 Å². The summed E-state index contributed by atoms with van der Waals surface area (Å²) in [5.41, 5.74) is 2.20. The van der Waals surface area contributed by atoms with Crippen LogP contribution in [0, 0.1) is 6.61 Å². The SMILES string of the molecule is CCOC([CH+]OO)Cc1ccc(OCCN2CCOc3ccccc32)cc1.[Na+]. The van der Waals surface area contributed by atoms with Gasteiger partial charge in [0.05, 0.1) is 18.8 Å². The molecule has 0 amide bonds. The molecule has 1 aliphatic heterocycles. The molecular weight excluding hydrogens is 369 g/mol. The monoisotopic (exact) mass is 395 g/mol. The van der Waals surface area contributed by atoms with E-state index in [1.165, 1.54) is 6.61 Å². The molecule has 0 saturated heterocycles. The molecule has 2 aromatic carbocycles. The summed E-state index contributed by atoms with van der Waals surface area (Å²) in [6, 6.07) is 16.0. The number of hydrogen-bond donors (Lipinski definition) is 1. The Labute approximate surface area is 188 Å². The zero-order valence-electron chi connectivity index (χ0n) is 16.5. The number of fused-ring (bicyclic) bond motifs is 1. The van der Waals surface area contributed by atoms with E-state index in [0.717, 1.165) is 35.8 Å². The van der Waals surface area contributed by atoms with Crippen molar-refractivity contribution in [3.63, 3.8) is 0 Å². The van der Waals surface area contributed by atoms with E-state index in [9.17, 15) is 0 Å². The van der Waals surface area contributed by atoms with E-state index >= 15 is 0 Å². The predicted octanol–water partition coefficient (Wildman–Crippen LogP) is 0.567. The number of hydrogen-bond acceptors (Lipinski definition) is 6. The molecule has 0 spiro atoms. The van der Waals surface area contributed by atoms with Crippen LogP contribution in [-0.2, 0) is 16.0 Å². The van der Waals surface area contributed by atoms with Crippen LogP contribution in [0.1, 0.15) is 12.5 Å². The largest absolute Gasteiger partial charge is 1.00 e. The van der Waals surface area contributed by atoms with Crippen molar-refractivity contribution >= 4 is 5.69 Å². The van der Waals surface area contributed by atoms with Crippen LogP contribution < -0.4 is 43.9 Å². The van der Waals surface area contributed by atoms with Gasteiger partial charge in [-0.05, 0) is 41.6 Å². The second-order valence-corrected chi connectivity index (χ2v) is 6.24. The Morgan fingerprint density at radius 1 is 1.18 bits per heavy atom. The molecule has 0 aliphatic carbocycles. The first-order chi connectivity index (χ1) is 13.3. The Balaban J connectivity index is 0.00000280. The fourth-order valence-corrected chi connectivity index (χ4v) is 3.11. The first kappa shape index (κ1) is 22.9. The molecule has 0 radical (unpaired) electrons. The van der Waals surface area contributed by atoms with Gasteiger partial charge in [0.1, 0.15) is 24.7 Å². The van der Waals surface area contributed by atoms with Crippen molar-refractivity contribution in [2.75, 3.05) is 37.8 Å². The van der Waals surface area contributed by atoms with Gasteiger partial charge in [-0.3, -0.25) is 0 Å². The van der Waals surface area contributed by atoms with Gasteiger partial charge in [0.15, 0.2) is 0 Å². The summed E-state index contributed by atoms with van der Waals surface area (Å²) in [4.78, 5) is 6.38. The van der Waals surface area contributed by atoms with Crippen molar-refractivity contribution in [2.45, 2.75) is 19.4 Å². The van der Waals surface area contributed by atoms with E-state index in [4.69, 9.17) is 19.5 Å². The van der Waals surface area contributed by atoms with Crippen molar-refractivity contribution in [3.8, 4) is 11.5 Å². The summed E-state index contributed by atoms with van der Waals surface area (Å²) in [6.07, 6.45) is 0.340. The van der Waals surface area contributed by atoms with Crippen molar-refractivity contribution < 1.29 is 53.9 Å². The number of rotatable bonds is 10. The molecule has 1 N–H and O–H groups in total. The number of anilines is 1. The Morgan fingerprint density at radius 3 is 2.71 bits per heavy atom. The van der Waals surface area contributed by atoms with Crippen molar-refractivity contribution in [1.29, 1.82) is 0 Å². The van der Waals surface area contributed by atoms with Gasteiger partial charge in [-0.2, -0.15) is 0 Å². The molecule has 28 heavy (non-hydrogen) atoms. The third-order valence-corrected chi connectivity index (χ3v) is 4.41. The van der Waals surface area contributed by atoms with Gasteiger partial charge < -0.3 is 19.1 Å². The second-order valence-electron chi connectivity index (χ2n) is 6.24. The summed E-state index contributed by atoms with van der Waals surface area (Å²) in [5.74, 6) is 1.76. The number of ether oxygens (including phenoxy) is 3. The molecule has 6 nitrogen and oxygen atoms in total. The van der Waals surface area contributed by atoms with Crippen LogP contribution in [0.2, 0.25) is 0 Å². The Bertz CT molecular complexity index is 691. The van der Waals surface area contributed by atoms with Gasteiger partial charge in [-0.15, -0.1) is 0 Å². The average Bonchev–Trinajstić information content (AvgIpc) is 2.70. The van der Waals surface area contributed by atoms with Gasteiger partial charge >= 0.3 is 29.6 Å². The summed E-state index contributed by atoms with van der Waals surface area (Å²) in [5, 5.41) is 8.58. The van der Waals surface area contributed by atoms with Crippen LogP contribution in [0.15, 0.2) is 48.5 Å². The zero-order chi connectivity index (χ0) is 18.9. The minimum absolute atomic E-state index is 0. The molecule has 0 fully saturated rings. The number of para-hydroxylation sites is 2. The maximum absolute atomic E-state index is 8.58. The first-order valence-corrected chi connectivity index (χ1v) is 9.24. The van der Waals surface area contributed by atoms with E-state index in [-0.39, 0.29) is 35.7 Å². The van der Waals surface area contributed by atoms with Crippen LogP contribution in [0.4, 0.5) is 5.69 Å². The van der Waals surface area contributed by atoms with E-state index < -0.39 is 0 Å². The molecule has 1 heterocycles. The fourth-order valence-electron chi connectivity index (χ4n) is 3.11. The fraction of sp³-hybridized carbons (Fsp3) is 0.381. The van der Waals surface area contributed by atoms with Crippen LogP contribution in [0.3, 0.4) is 0 Å². The number of nitrogens with zero attached hydrogens (tertiary/aromatic N) is 1.